The second kappa shape index (κ2) is 8.47. The molecule has 0 fully saturated rings. The van der Waals surface area contributed by atoms with Crippen molar-refractivity contribution in [1.82, 2.24) is 0 Å². The summed E-state index contributed by atoms with van der Waals surface area (Å²) in [7, 11) is 0. The predicted molar refractivity (Wildman–Crippen MR) is 72.8 cm³/mol. The van der Waals surface area contributed by atoms with E-state index in [1.807, 2.05) is 0 Å². The third-order valence-corrected chi connectivity index (χ3v) is 2.90. The summed E-state index contributed by atoms with van der Waals surface area (Å²) >= 11 is 0. The summed E-state index contributed by atoms with van der Waals surface area (Å²) in [6.45, 7) is 3.64. The first-order chi connectivity index (χ1) is 9.62. The Morgan fingerprint density at radius 1 is 1.30 bits per heavy atom. The second-order valence-corrected chi connectivity index (χ2v) is 4.37. The van der Waals surface area contributed by atoms with E-state index >= 15 is 0 Å². The Morgan fingerprint density at radius 3 is 2.45 bits per heavy atom. The van der Waals surface area contributed by atoms with E-state index in [1.165, 1.54) is 6.07 Å². The van der Waals surface area contributed by atoms with Crippen LogP contribution in [0.15, 0.2) is 18.2 Å². The molecular formula is C13H21N2O5+. The molecule has 0 radical (unpaired) electrons. The number of aliphatic hydroxyl groups is 2. The highest BCUT2D eigenvalue weighted by atomic mass is 16.6. The van der Waals surface area contributed by atoms with Crippen molar-refractivity contribution < 1.29 is 24.8 Å². The summed E-state index contributed by atoms with van der Waals surface area (Å²) in [5, 5.41) is 29.0. The molecule has 0 aliphatic carbocycles. The van der Waals surface area contributed by atoms with Gasteiger partial charge in [-0.3, -0.25) is 10.1 Å². The van der Waals surface area contributed by atoms with Gasteiger partial charge in [-0.15, -0.1) is 0 Å². The Bertz CT molecular complexity index is 433. The number of nitro groups is 1. The molecule has 0 aromatic heterocycles. The van der Waals surface area contributed by atoms with Crippen molar-refractivity contribution in [3.63, 3.8) is 0 Å². The fourth-order valence-electron chi connectivity index (χ4n) is 2.00. The molecule has 0 aliphatic rings. The number of nitrogens with one attached hydrogen (secondary N) is 1. The monoisotopic (exact) mass is 285 g/mol. The number of hydrogen-bond donors (Lipinski definition) is 3. The molecule has 1 rings (SSSR count). The predicted octanol–water partition coefficient (Wildman–Crippen LogP) is -0.637. The minimum atomic E-state index is -0.466. The van der Waals surface area contributed by atoms with Crippen LogP contribution in [0.25, 0.3) is 0 Å². The minimum absolute atomic E-state index is 0.00839. The highest BCUT2D eigenvalue weighted by molar-refractivity contribution is 5.48. The first-order valence-corrected chi connectivity index (χ1v) is 6.57. The van der Waals surface area contributed by atoms with Gasteiger partial charge in [-0.25, -0.2) is 0 Å². The molecule has 3 N–H and O–H groups in total. The normalized spacial score (nSPS) is 10.8. The lowest BCUT2D eigenvalue weighted by molar-refractivity contribution is -0.914. The Hall–Kier alpha value is -1.70. The number of benzene rings is 1. The van der Waals surface area contributed by atoms with Gasteiger partial charge < -0.3 is 19.8 Å². The standard InChI is InChI=1S/C13H20N2O5/c1-2-20-13-4-3-11(9-12(13)15(18)19)10-14(5-7-16)6-8-17/h3-4,9,16-17H,2,5-8,10H2,1H3/p+1. The summed E-state index contributed by atoms with van der Waals surface area (Å²) in [6.07, 6.45) is 0. The number of rotatable bonds is 9. The van der Waals surface area contributed by atoms with E-state index in [1.54, 1.807) is 19.1 Å². The van der Waals surface area contributed by atoms with Crippen LogP contribution < -0.4 is 9.64 Å². The van der Waals surface area contributed by atoms with Crippen molar-refractivity contribution in [2.75, 3.05) is 32.9 Å². The maximum absolute atomic E-state index is 11.0. The molecule has 0 aliphatic heterocycles. The van der Waals surface area contributed by atoms with Crippen LogP contribution in [0.5, 0.6) is 5.75 Å². The number of nitrogens with zero attached hydrogens (tertiary/aromatic N) is 1. The first kappa shape index (κ1) is 16.4. The van der Waals surface area contributed by atoms with E-state index in [2.05, 4.69) is 0 Å². The van der Waals surface area contributed by atoms with Crippen molar-refractivity contribution in [2.24, 2.45) is 0 Å². The fourth-order valence-corrected chi connectivity index (χ4v) is 2.00. The summed E-state index contributed by atoms with van der Waals surface area (Å²) < 4.78 is 5.22. The fraction of sp³-hybridized carbons (Fsp3) is 0.538. The van der Waals surface area contributed by atoms with Gasteiger partial charge >= 0.3 is 5.69 Å². The zero-order valence-corrected chi connectivity index (χ0v) is 11.5. The minimum Gasteiger partial charge on any atom is -0.487 e. The number of quaternary nitrogens is 1. The van der Waals surface area contributed by atoms with Crippen molar-refractivity contribution >= 4 is 5.69 Å². The van der Waals surface area contributed by atoms with E-state index in [9.17, 15) is 10.1 Å². The molecule has 0 bridgehead atoms. The molecule has 20 heavy (non-hydrogen) atoms. The van der Waals surface area contributed by atoms with Gasteiger partial charge in [-0.2, -0.15) is 0 Å². The van der Waals surface area contributed by atoms with Crippen molar-refractivity contribution in [2.45, 2.75) is 13.5 Å². The third-order valence-electron chi connectivity index (χ3n) is 2.90. The van der Waals surface area contributed by atoms with E-state index in [0.717, 1.165) is 10.5 Å². The van der Waals surface area contributed by atoms with Gasteiger partial charge in [0.15, 0.2) is 5.75 Å². The van der Waals surface area contributed by atoms with Gasteiger partial charge in [0.2, 0.25) is 0 Å². The number of ether oxygens (including phenoxy) is 1. The van der Waals surface area contributed by atoms with Crippen molar-refractivity contribution in [3.05, 3.63) is 33.9 Å². The topological polar surface area (TPSA) is 97.3 Å². The molecule has 1 aromatic rings. The molecule has 0 heterocycles. The van der Waals surface area contributed by atoms with Gasteiger partial charge in [0.1, 0.15) is 19.6 Å². The van der Waals surface area contributed by atoms with E-state index in [4.69, 9.17) is 14.9 Å². The molecule has 112 valence electrons. The first-order valence-electron chi connectivity index (χ1n) is 6.57. The van der Waals surface area contributed by atoms with Crippen LogP contribution in [-0.2, 0) is 6.54 Å². The summed E-state index contributed by atoms with van der Waals surface area (Å²) in [5.41, 5.74) is 0.716. The van der Waals surface area contributed by atoms with E-state index in [-0.39, 0.29) is 24.7 Å². The Labute approximate surface area is 117 Å². The zero-order valence-electron chi connectivity index (χ0n) is 11.5. The molecule has 0 spiro atoms. The molecule has 7 nitrogen and oxygen atoms in total. The summed E-state index contributed by atoms with van der Waals surface area (Å²) in [6, 6.07) is 4.85. The van der Waals surface area contributed by atoms with Crippen molar-refractivity contribution in [1.29, 1.82) is 0 Å². The molecule has 0 saturated heterocycles. The Kier molecular flexibility index (Phi) is 6.92. The molecule has 1 aromatic carbocycles. The van der Waals surface area contributed by atoms with Crippen LogP contribution in [0, 0.1) is 10.1 Å². The van der Waals surface area contributed by atoms with Crippen LogP contribution in [0.3, 0.4) is 0 Å². The number of hydrogen-bond acceptors (Lipinski definition) is 5. The number of aliphatic hydroxyl groups excluding tert-OH is 2. The van der Waals surface area contributed by atoms with Gasteiger partial charge in [-0.05, 0) is 19.1 Å². The maximum atomic E-state index is 11.0. The Balaban J connectivity index is 2.89. The van der Waals surface area contributed by atoms with Crippen LogP contribution in [0.2, 0.25) is 0 Å². The van der Waals surface area contributed by atoms with Crippen molar-refractivity contribution in [3.8, 4) is 5.75 Å². The molecule has 0 unspecified atom stereocenters. The van der Waals surface area contributed by atoms with Crippen LogP contribution in [-0.4, -0.2) is 48.0 Å². The SMILES string of the molecule is CCOc1ccc(C[NH+](CCO)CCO)cc1[N+](=O)[O-]. The Morgan fingerprint density at radius 2 is 1.95 bits per heavy atom. The lowest BCUT2D eigenvalue weighted by Crippen LogP contribution is -3.11. The largest absolute Gasteiger partial charge is 0.487 e. The lowest BCUT2D eigenvalue weighted by Gasteiger charge is -2.17. The number of nitro benzene ring substituents is 1. The third kappa shape index (κ3) is 4.76. The molecule has 0 saturated carbocycles. The second-order valence-electron chi connectivity index (χ2n) is 4.37. The van der Waals surface area contributed by atoms with Gasteiger partial charge in [0.05, 0.1) is 24.7 Å². The highest BCUT2D eigenvalue weighted by Crippen LogP contribution is 2.27. The van der Waals surface area contributed by atoms with Crippen LogP contribution >= 0.6 is 0 Å². The smallest absolute Gasteiger partial charge is 0.311 e. The maximum Gasteiger partial charge on any atom is 0.311 e. The van der Waals surface area contributed by atoms with E-state index in [0.29, 0.717) is 26.2 Å². The lowest BCUT2D eigenvalue weighted by atomic mass is 10.1. The summed E-state index contributed by atoms with van der Waals surface area (Å²) in [5.74, 6) is 0.257. The zero-order chi connectivity index (χ0) is 15.0. The van der Waals surface area contributed by atoms with Crippen LogP contribution in [0.1, 0.15) is 12.5 Å². The van der Waals surface area contributed by atoms with E-state index < -0.39 is 4.92 Å². The molecule has 0 amide bonds. The average Bonchev–Trinajstić information content (AvgIpc) is 2.41. The quantitative estimate of drug-likeness (QED) is 0.414. The average molecular weight is 285 g/mol. The van der Waals surface area contributed by atoms with Crippen LogP contribution in [0.4, 0.5) is 5.69 Å². The summed E-state index contributed by atoms with van der Waals surface area (Å²) in [4.78, 5) is 11.5. The molecule has 0 atom stereocenters. The van der Waals surface area contributed by atoms with Gasteiger partial charge in [0.25, 0.3) is 0 Å². The highest BCUT2D eigenvalue weighted by Gasteiger charge is 2.17. The molecule has 7 heteroatoms. The molecular weight excluding hydrogens is 264 g/mol. The van der Waals surface area contributed by atoms with Gasteiger partial charge in [0, 0.05) is 11.6 Å². The van der Waals surface area contributed by atoms with Gasteiger partial charge in [-0.1, -0.05) is 0 Å².